The molecule has 0 saturated carbocycles. The molecule has 0 bridgehead atoms. The molecule has 0 saturated heterocycles. The van der Waals surface area contributed by atoms with Crippen LogP contribution in [-0.2, 0) is 27.2 Å². The highest BCUT2D eigenvalue weighted by molar-refractivity contribution is 6.74. The molecule has 0 aliphatic carbocycles. The van der Waals surface area contributed by atoms with Crippen molar-refractivity contribution >= 4 is 20.6 Å². The summed E-state index contributed by atoms with van der Waals surface area (Å²) in [7, 11) is -0.609. The third-order valence-electron chi connectivity index (χ3n) is 4.41. The zero-order valence-corrected chi connectivity index (χ0v) is 16.1. The Morgan fingerprint density at radius 1 is 1.26 bits per heavy atom. The fourth-order valence-electron chi connectivity index (χ4n) is 1.89. The SMILES string of the molecule is COC(=O)Cc1ccc(CCC=O)c(O[Si](C)(C)C(C)(C)C)c1. The van der Waals surface area contributed by atoms with Crippen LogP contribution in [0.2, 0.25) is 18.1 Å². The van der Waals surface area contributed by atoms with Crippen LogP contribution in [0.15, 0.2) is 18.2 Å². The van der Waals surface area contributed by atoms with E-state index in [9.17, 15) is 9.59 Å². The Balaban J connectivity index is 3.14. The Bertz CT molecular complexity index is 559. The van der Waals surface area contributed by atoms with Gasteiger partial charge in [0.1, 0.15) is 12.0 Å². The highest BCUT2D eigenvalue weighted by Gasteiger charge is 2.39. The van der Waals surface area contributed by atoms with Crippen molar-refractivity contribution < 1.29 is 18.8 Å². The summed E-state index contributed by atoms with van der Waals surface area (Å²) < 4.78 is 11.1. The van der Waals surface area contributed by atoms with Crippen LogP contribution in [0.4, 0.5) is 0 Å². The van der Waals surface area contributed by atoms with E-state index in [1.165, 1.54) is 7.11 Å². The summed E-state index contributed by atoms with van der Waals surface area (Å²) in [6, 6.07) is 5.76. The lowest BCUT2D eigenvalue weighted by Crippen LogP contribution is -2.44. The Morgan fingerprint density at radius 3 is 2.43 bits per heavy atom. The van der Waals surface area contributed by atoms with E-state index >= 15 is 0 Å². The van der Waals surface area contributed by atoms with Gasteiger partial charge in [0.15, 0.2) is 0 Å². The van der Waals surface area contributed by atoms with Gasteiger partial charge in [0, 0.05) is 6.42 Å². The van der Waals surface area contributed by atoms with Gasteiger partial charge in [-0.1, -0.05) is 32.9 Å². The van der Waals surface area contributed by atoms with Crippen LogP contribution in [0.25, 0.3) is 0 Å². The van der Waals surface area contributed by atoms with E-state index in [-0.39, 0.29) is 17.4 Å². The van der Waals surface area contributed by atoms with Gasteiger partial charge in [-0.2, -0.15) is 0 Å². The molecular formula is C18H28O4Si. The summed E-state index contributed by atoms with van der Waals surface area (Å²) >= 11 is 0. The number of ether oxygens (including phenoxy) is 1. The number of rotatable bonds is 7. The minimum Gasteiger partial charge on any atom is -0.543 e. The molecular weight excluding hydrogens is 308 g/mol. The number of esters is 1. The average Bonchev–Trinajstić information content (AvgIpc) is 2.44. The number of aryl methyl sites for hydroxylation is 1. The molecule has 1 rings (SSSR count). The molecule has 0 radical (unpaired) electrons. The lowest BCUT2D eigenvalue weighted by atomic mass is 10.0. The molecule has 1 aromatic carbocycles. The van der Waals surface area contributed by atoms with Gasteiger partial charge in [-0.25, -0.2) is 0 Å². The van der Waals surface area contributed by atoms with Crippen molar-refractivity contribution in [2.75, 3.05) is 7.11 Å². The number of aldehydes is 1. The molecule has 0 amide bonds. The molecule has 128 valence electrons. The van der Waals surface area contributed by atoms with Crippen LogP contribution >= 0.6 is 0 Å². The first kappa shape index (κ1) is 19.4. The zero-order valence-electron chi connectivity index (χ0n) is 15.1. The molecule has 0 heterocycles. The minimum absolute atomic E-state index is 0.0767. The third-order valence-corrected chi connectivity index (χ3v) is 8.75. The quantitative estimate of drug-likeness (QED) is 0.430. The van der Waals surface area contributed by atoms with E-state index in [0.29, 0.717) is 12.8 Å². The second-order valence-corrected chi connectivity index (χ2v) is 12.0. The monoisotopic (exact) mass is 336 g/mol. The van der Waals surface area contributed by atoms with Gasteiger partial charge < -0.3 is 14.0 Å². The van der Waals surface area contributed by atoms with Gasteiger partial charge in [0.2, 0.25) is 8.32 Å². The fourth-order valence-corrected chi connectivity index (χ4v) is 2.94. The highest BCUT2D eigenvalue weighted by Crippen LogP contribution is 2.38. The van der Waals surface area contributed by atoms with E-state index in [1.54, 1.807) is 0 Å². The van der Waals surface area contributed by atoms with Crippen molar-refractivity contribution in [3.05, 3.63) is 29.3 Å². The third kappa shape index (κ3) is 5.50. The molecule has 0 aliphatic rings. The van der Waals surface area contributed by atoms with Crippen molar-refractivity contribution in [1.82, 2.24) is 0 Å². The van der Waals surface area contributed by atoms with Gasteiger partial charge in [-0.15, -0.1) is 0 Å². The molecule has 0 aliphatic heterocycles. The maximum Gasteiger partial charge on any atom is 0.309 e. The number of methoxy groups -OCH3 is 1. The maximum absolute atomic E-state index is 11.5. The summed E-state index contributed by atoms with van der Waals surface area (Å²) in [5, 5.41) is 0.0767. The maximum atomic E-state index is 11.5. The molecule has 1 aromatic rings. The summed E-state index contributed by atoms with van der Waals surface area (Å²) in [5.41, 5.74) is 1.87. The predicted molar refractivity (Wildman–Crippen MR) is 94.4 cm³/mol. The van der Waals surface area contributed by atoms with Crippen molar-refractivity contribution in [3.63, 3.8) is 0 Å². The first-order valence-electron chi connectivity index (χ1n) is 7.92. The summed E-state index contributed by atoms with van der Waals surface area (Å²) in [6.45, 7) is 10.9. The normalized spacial score (nSPS) is 11.9. The summed E-state index contributed by atoms with van der Waals surface area (Å²) in [6.07, 6.45) is 2.24. The van der Waals surface area contributed by atoms with Crippen LogP contribution in [0.1, 0.15) is 38.3 Å². The van der Waals surface area contributed by atoms with Crippen LogP contribution < -0.4 is 4.43 Å². The number of benzene rings is 1. The second kappa shape index (κ2) is 7.77. The number of carbonyl (C=O) groups excluding carboxylic acids is 2. The van der Waals surface area contributed by atoms with Gasteiger partial charge in [0.05, 0.1) is 13.5 Å². The number of carbonyl (C=O) groups is 2. The van der Waals surface area contributed by atoms with Crippen LogP contribution in [0.3, 0.4) is 0 Å². The predicted octanol–water partition coefficient (Wildman–Crippen LogP) is 3.92. The van der Waals surface area contributed by atoms with E-state index in [0.717, 1.165) is 23.2 Å². The number of hydrogen-bond donors (Lipinski definition) is 0. The van der Waals surface area contributed by atoms with Crippen LogP contribution in [-0.4, -0.2) is 27.7 Å². The first-order valence-corrected chi connectivity index (χ1v) is 10.8. The largest absolute Gasteiger partial charge is 0.543 e. The number of hydrogen-bond acceptors (Lipinski definition) is 4. The molecule has 0 fully saturated rings. The van der Waals surface area contributed by atoms with Crippen molar-refractivity contribution in [2.24, 2.45) is 0 Å². The van der Waals surface area contributed by atoms with E-state index < -0.39 is 8.32 Å². The Labute approximate surface area is 140 Å². The lowest BCUT2D eigenvalue weighted by Gasteiger charge is -2.37. The molecule has 0 unspecified atom stereocenters. The standard InChI is InChI=1S/C18H28O4Si/c1-18(2,3)23(5,6)22-16-12-14(13-17(20)21-4)9-10-15(16)8-7-11-19/h9-12H,7-8,13H2,1-6H3. The molecule has 0 N–H and O–H groups in total. The highest BCUT2D eigenvalue weighted by atomic mass is 28.4. The zero-order chi connectivity index (χ0) is 17.7. The second-order valence-electron chi connectivity index (χ2n) is 7.26. The smallest absolute Gasteiger partial charge is 0.309 e. The van der Waals surface area contributed by atoms with Crippen molar-refractivity contribution in [3.8, 4) is 5.75 Å². The molecule has 23 heavy (non-hydrogen) atoms. The summed E-state index contributed by atoms with van der Waals surface area (Å²) in [5.74, 6) is 0.517. The summed E-state index contributed by atoms with van der Waals surface area (Å²) in [4.78, 5) is 22.2. The molecule has 0 spiro atoms. The topological polar surface area (TPSA) is 52.6 Å². The Kier molecular flexibility index (Phi) is 6.56. The molecule has 5 heteroatoms. The van der Waals surface area contributed by atoms with Crippen molar-refractivity contribution in [1.29, 1.82) is 0 Å². The van der Waals surface area contributed by atoms with E-state index in [1.807, 2.05) is 18.2 Å². The molecule has 0 aromatic heterocycles. The fraction of sp³-hybridized carbons (Fsp3) is 0.556. The lowest BCUT2D eigenvalue weighted by molar-refractivity contribution is -0.139. The molecule has 0 atom stereocenters. The van der Waals surface area contributed by atoms with E-state index in [4.69, 9.17) is 9.16 Å². The van der Waals surface area contributed by atoms with Crippen molar-refractivity contribution in [2.45, 2.75) is 58.2 Å². The van der Waals surface area contributed by atoms with Gasteiger partial charge >= 0.3 is 5.97 Å². The van der Waals surface area contributed by atoms with Gasteiger partial charge in [-0.05, 0) is 41.7 Å². The van der Waals surface area contributed by atoms with Gasteiger partial charge in [-0.3, -0.25) is 4.79 Å². The van der Waals surface area contributed by atoms with Crippen LogP contribution in [0.5, 0.6) is 5.75 Å². The Morgan fingerprint density at radius 2 is 1.91 bits per heavy atom. The van der Waals surface area contributed by atoms with Crippen LogP contribution in [0, 0.1) is 0 Å². The first-order chi connectivity index (χ1) is 10.6. The average molecular weight is 337 g/mol. The minimum atomic E-state index is -1.99. The molecule has 4 nitrogen and oxygen atoms in total. The van der Waals surface area contributed by atoms with E-state index in [2.05, 4.69) is 33.9 Å². The Hall–Kier alpha value is -1.62. The van der Waals surface area contributed by atoms with Gasteiger partial charge in [0.25, 0.3) is 0 Å².